The number of rotatable bonds is 68. The molecular formula is C70H142O2S12. The third kappa shape index (κ3) is 44.0. The van der Waals surface area contributed by atoms with Crippen LogP contribution in [0.2, 0.25) is 0 Å². The van der Waals surface area contributed by atoms with Crippen molar-refractivity contribution in [3.63, 3.8) is 0 Å². The summed E-state index contributed by atoms with van der Waals surface area (Å²) in [5, 5.41) is 0. The minimum Gasteiger partial charge on any atom is -0.357 e. The fourth-order valence-electron chi connectivity index (χ4n) is 10.3. The lowest BCUT2D eigenvalue weighted by Gasteiger charge is -2.54. The van der Waals surface area contributed by atoms with E-state index < -0.39 is 15.4 Å². The van der Waals surface area contributed by atoms with E-state index in [0.29, 0.717) is 6.61 Å². The largest absolute Gasteiger partial charge is 0.357 e. The number of unbranched alkanes of at least 4 members (excludes halogenated alkanes) is 36. The first-order chi connectivity index (χ1) is 40.7. The summed E-state index contributed by atoms with van der Waals surface area (Å²) in [7, 11) is 2.01. The van der Waals surface area contributed by atoms with Crippen LogP contribution in [0.3, 0.4) is 0 Å². The number of thiol groups is 2. The molecule has 0 spiro atoms. The topological polar surface area (TPSA) is 18.5 Å². The van der Waals surface area contributed by atoms with E-state index in [4.69, 9.17) is 34.7 Å². The van der Waals surface area contributed by atoms with Crippen LogP contribution in [0.15, 0.2) is 0 Å². The molecule has 0 fully saturated rings. The van der Waals surface area contributed by atoms with Crippen molar-refractivity contribution in [3.05, 3.63) is 0 Å². The van der Waals surface area contributed by atoms with E-state index in [1.165, 1.54) is 276 Å². The van der Waals surface area contributed by atoms with Gasteiger partial charge in [0.1, 0.15) is 6.82 Å². The van der Waals surface area contributed by atoms with Crippen LogP contribution in [-0.4, -0.2) is 83.3 Å². The standard InChI is InChI=1S/C70H142O2S12/c1-13-21-28-34-38-40-41-44-49-55-61-79-68(73,78-60-54-48-43-39-35-29-22-14-2)69(74,82-64-66(71-12,83-65(9,10)11)75-57-50-27-19-7)84-70(80-62-51-33-26-18-6,81-63-56-45-32-25-17-5)67(72-20-8,76-58-52-46-37-31-24-16-4)77-59-53-47-42-36-30-23-15-3/h73-74H,13-64H2,1-12H3. The van der Waals surface area contributed by atoms with Gasteiger partial charge in [-0.2, -0.15) is 0 Å². The summed E-state index contributed by atoms with van der Waals surface area (Å²) >= 11 is 34.6. The first-order valence-electron chi connectivity index (χ1n) is 35.8. The smallest absolute Gasteiger partial charge is 0.193 e. The van der Waals surface area contributed by atoms with Crippen molar-refractivity contribution in [3.8, 4) is 0 Å². The molecule has 0 aliphatic rings. The van der Waals surface area contributed by atoms with Crippen molar-refractivity contribution < 1.29 is 9.47 Å². The van der Waals surface area contributed by atoms with Gasteiger partial charge in [0.15, 0.2) is 11.9 Å². The van der Waals surface area contributed by atoms with Crippen LogP contribution < -0.4 is 0 Å². The van der Waals surface area contributed by atoms with Crippen molar-refractivity contribution in [2.24, 2.45) is 0 Å². The molecule has 0 aromatic heterocycles. The highest BCUT2D eigenvalue weighted by Crippen LogP contribution is 2.74. The Morgan fingerprint density at radius 1 is 0.286 bits per heavy atom. The molecule has 506 valence electrons. The van der Waals surface area contributed by atoms with Crippen molar-refractivity contribution in [2.45, 2.75) is 376 Å². The molecule has 0 saturated heterocycles. The molecule has 84 heavy (non-hydrogen) atoms. The Morgan fingerprint density at radius 3 is 0.857 bits per heavy atom. The highest BCUT2D eigenvalue weighted by atomic mass is 32.3. The Hall–Kier alpha value is 4.12. The molecule has 0 radical (unpaired) electrons. The van der Waals surface area contributed by atoms with Gasteiger partial charge in [0.2, 0.25) is 0 Å². The average Bonchev–Trinajstić information content (AvgIpc) is 2.10. The second-order valence-electron chi connectivity index (χ2n) is 24.9. The Bertz CT molecular complexity index is 1380. The van der Waals surface area contributed by atoms with Crippen molar-refractivity contribution in [1.29, 1.82) is 0 Å². The molecule has 0 saturated carbocycles. The summed E-state index contributed by atoms with van der Waals surface area (Å²) in [6, 6.07) is 0. The number of methoxy groups -OCH3 is 1. The molecule has 0 N–H and O–H groups in total. The van der Waals surface area contributed by atoms with Crippen LogP contribution in [0.25, 0.3) is 0 Å². The molecule has 0 heterocycles. The predicted molar refractivity (Wildman–Crippen MR) is 423 cm³/mol. The molecular weight excluding hydrogens is 1260 g/mol. The number of hydrogen-bond acceptors (Lipinski definition) is 14. The van der Waals surface area contributed by atoms with E-state index in [9.17, 15) is 0 Å². The summed E-state index contributed by atoms with van der Waals surface area (Å²) in [6.45, 7) is 26.7. The van der Waals surface area contributed by atoms with Crippen LogP contribution >= 0.6 is 143 Å². The van der Waals surface area contributed by atoms with Crippen LogP contribution in [-0.2, 0) is 9.47 Å². The first kappa shape index (κ1) is 88.1. The summed E-state index contributed by atoms with van der Waals surface area (Å²) < 4.78 is 12.4. The van der Waals surface area contributed by atoms with Gasteiger partial charge in [-0.15, -0.1) is 131 Å². The minimum absolute atomic E-state index is 0.0179. The number of ether oxygens (including phenoxy) is 2. The quantitative estimate of drug-likeness (QED) is 0.0344. The van der Waals surface area contributed by atoms with E-state index >= 15 is 0 Å². The summed E-state index contributed by atoms with van der Waals surface area (Å²) in [4.78, 5) is 0. The molecule has 0 rings (SSSR count). The van der Waals surface area contributed by atoms with Gasteiger partial charge in [-0.3, -0.25) is 0 Å². The maximum atomic E-state index is 7.82. The monoisotopic (exact) mass is 1400 g/mol. The molecule has 14 heteroatoms. The number of hydrogen-bond donors (Lipinski definition) is 2. The molecule has 0 aromatic carbocycles. The third-order valence-electron chi connectivity index (χ3n) is 15.4. The van der Waals surface area contributed by atoms with Gasteiger partial charge in [0, 0.05) is 24.2 Å². The average molecular weight is 1400 g/mol. The summed E-state index contributed by atoms with van der Waals surface area (Å²) in [5.41, 5.74) is 0. The first-order valence-corrected chi connectivity index (χ1v) is 46.2. The molecule has 0 aliphatic heterocycles. The van der Waals surface area contributed by atoms with Gasteiger partial charge in [-0.05, 0) is 92.1 Å². The lowest BCUT2D eigenvalue weighted by atomic mass is 10.1. The fraction of sp³-hybridized carbons (Fsp3) is 1.00. The Morgan fingerprint density at radius 2 is 0.548 bits per heavy atom. The van der Waals surface area contributed by atoms with E-state index in [1.54, 1.807) is 0 Å². The molecule has 5 atom stereocenters. The van der Waals surface area contributed by atoms with Crippen molar-refractivity contribution in [1.82, 2.24) is 0 Å². The summed E-state index contributed by atoms with van der Waals surface area (Å²) in [5.74, 6) is 8.73. The Labute approximate surface area is 582 Å². The van der Waals surface area contributed by atoms with Gasteiger partial charge in [-0.1, -0.05) is 312 Å². The molecule has 0 amide bonds. The second kappa shape index (κ2) is 59.6. The van der Waals surface area contributed by atoms with Crippen molar-refractivity contribution >= 4 is 143 Å². The predicted octanol–water partition coefficient (Wildman–Crippen LogP) is 28.8. The molecule has 0 aromatic rings. The van der Waals surface area contributed by atoms with Crippen LogP contribution in [0.4, 0.5) is 0 Å². The zero-order valence-electron chi connectivity index (χ0n) is 57.6. The van der Waals surface area contributed by atoms with Crippen molar-refractivity contribution in [2.75, 3.05) is 59.7 Å². The van der Waals surface area contributed by atoms with E-state index in [2.05, 4.69) is 182 Å². The van der Waals surface area contributed by atoms with Crippen LogP contribution in [0, 0.1) is 0 Å². The van der Waals surface area contributed by atoms with Gasteiger partial charge < -0.3 is 9.47 Å². The lowest BCUT2D eigenvalue weighted by Crippen LogP contribution is -2.51. The highest BCUT2D eigenvalue weighted by molar-refractivity contribution is 8.45. The summed E-state index contributed by atoms with van der Waals surface area (Å²) in [6.07, 6.45) is 56.9. The van der Waals surface area contributed by atoms with E-state index in [0.717, 1.165) is 46.0 Å². The van der Waals surface area contributed by atoms with Gasteiger partial charge >= 0.3 is 0 Å². The van der Waals surface area contributed by atoms with Gasteiger partial charge in [0.25, 0.3) is 0 Å². The SMILES string of the molecule is CCCCCCCCCCCCSC(S)(SCCCCCCCCCC)C(S)(SCC(OC)(SCCCCC)SC(C)(C)C)SC(SCCCCCC)(SCCCCCCC)C(OCC)(SCCCCCCCC)SCCCCCCCCC. The molecule has 2 nitrogen and oxygen atoms in total. The fourth-order valence-corrected chi connectivity index (χ4v) is 31.8. The number of thioether (sulfide) groups is 10. The molecule has 0 bridgehead atoms. The normalized spacial score (nSPS) is 15.9. The lowest BCUT2D eigenvalue weighted by molar-refractivity contribution is 0.107. The molecule has 0 aliphatic carbocycles. The van der Waals surface area contributed by atoms with Gasteiger partial charge in [-0.25, -0.2) is 0 Å². The van der Waals surface area contributed by atoms with E-state index in [1.807, 2.05) is 18.9 Å². The van der Waals surface area contributed by atoms with Crippen LogP contribution in [0.1, 0.15) is 352 Å². The maximum Gasteiger partial charge on any atom is 0.193 e. The molecule has 5 unspecified atom stereocenters. The van der Waals surface area contributed by atoms with Gasteiger partial charge in [0.05, 0.1) is 0 Å². The third-order valence-corrected chi connectivity index (χ3v) is 36.7. The minimum atomic E-state index is -0.620. The zero-order chi connectivity index (χ0) is 62.3. The Kier molecular flexibility index (Phi) is 62.5. The van der Waals surface area contributed by atoms with E-state index in [-0.39, 0.29) is 8.16 Å². The second-order valence-corrected chi connectivity index (χ2v) is 43.1. The van der Waals surface area contributed by atoms with Crippen LogP contribution in [0.5, 0.6) is 0 Å². The Balaban J connectivity index is 8.48. The maximum absolute atomic E-state index is 7.82. The highest BCUT2D eigenvalue weighted by Gasteiger charge is 2.63. The zero-order valence-corrected chi connectivity index (χ0v) is 67.5.